The Labute approximate surface area is 122 Å². The number of rotatable bonds is 8. The molecule has 0 bridgehead atoms. The van der Waals surface area contributed by atoms with E-state index in [2.05, 4.69) is 55.3 Å². The molecule has 3 nitrogen and oxygen atoms in total. The van der Waals surface area contributed by atoms with Gasteiger partial charge in [0.05, 0.1) is 0 Å². The van der Waals surface area contributed by atoms with Crippen LogP contribution in [0.4, 0.5) is 5.69 Å². The number of aromatic nitrogens is 1. The molecule has 1 unspecified atom stereocenters. The monoisotopic (exact) mass is 281 g/mol. The lowest BCUT2D eigenvalue weighted by atomic mass is 10.1. The zero-order valence-corrected chi connectivity index (χ0v) is 13.7. The normalized spacial score (nSPS) is 12.5. The summed E-state index contributed by atoms with van der Waals surface area (Å²) in [6.45, 7) is 8.35. The summed E-state index contributed by atoms with van der Waals surface area (Å²) in [4.78, 5) is 6.81. The van der Waals surface area contributed by atoms with E-state index in [1.54, 1.807) is 0 Å². The standard InChI is InChI=1S/C15H27N3S/c1-6-16-10-14-11-17-12(2)9-15(14)18(4)13(3)7-8-19-5/h9,11,13,16H,6-8,10H2,1-5H3. The lowest BCUT2D eigenvalue weighted by Crippen LogP contribution is -2.31. The minimum atomic E-state index is 0.551. The van der Waals surface area contributed by atoms with E-state index in [-0.39, 0.29) is 0 Å². The van der Waals surface area contributed by atoms with E-state index in [0.717, 1.165) is 18.8 Å². The van der Waals surface area contributed by atoms with Crippen LogP contribution in [-0.4, -0.2) is 36.6 Å². The third-order valence-corrected chi connectivity index (χ3v) is 4.09. The van der Waals surface area contributed by atoms with Crippen molar-refractivity contribution < 1.29 is 0 Å². The maximum atomic E-state index is 4.43. The minimum absolute atomic E-state index is 0.551. The van der Waals surface area contributed by atoms with Crippen LogP contribution >= 0.6 is 11.8 Å². The molecule has 0 fully saturated rings. The Balaban J connectivity index is 2.85. The van der Waals surface area contributed by atoms with Crippen molar-refractivity contribution in [2.45, 2.75) is 39.8 Å². The highest BCUT2D eigenvalue weighted by atomic mass is 32.2. The molecule has 0 radical (unpaired) electrons. The number of thioether (sulfide) groups is 1. The van der Waals surface area contributed by atoms with E-state index in [9.17, 15) is 0 Å². The Hall–Kier alpha value is -0.740. The zero-order chi connectivity index (χ0) is 14.3. The zero-order valence-electron chi connectivity index (χ0n) is 12.9. The van der Waals surface area contributed by atoms with Crippen molar-refractivity contribution in [3.05, 3.63) is 23.5 Å². The average Bonchev–Trinajstić information content (AvgIpc) is 2.42. The van der Waals surface area contributed by atoms with Crippen molar-refractivity contribution in [3.63, 3.8) is 0 Å². The highest BCUT2D eigenvalue weighted by molar-refractivity contribution is 7.98. The molecule has 1 heterocycles. The number of nitrogens with one attached hydrogen (secondary N) is 1. The van der Waals surface area contributed by atoms with E-state index in [4.69, 9.17) is 0 Å². The summed E-state index contributed by atoms with van der Waals surface area (Å²) in [5, 5.41) is 3.39. The van der Waals surface area contributed by atoms with Crippen LogP contribution in [0.3, 0.4) is 0 Å². The van der Waals surface area contributed by atoms with Gasteiger partial charge in [0.15, 0.2) is 0 Å². The van der Waals surface area contributed by atoms with Crippen LogP contribution in [0.1, 0.15) is 31.5 Å². The fourth-order valence-electron chi connectivity index (χ4n) is 2.02. The maximum Gasteiger partial charge on any atom is 0.0445 e. The minimum Gasteiger partial charge on any atom is -0.371 e. The molecule has 1 rings (SSSR count). The quantitative estimate of drug-likeness (QED) is 0.792. The second-order valence-corrected chi connectivity index (χ2v) is 5.96. The Kier molecular flexibility index (Phi) is 7.24. The first-order chi connectivity index (χ1) is 9.10. The van der Waals surface area contributed by atoms with Gasteiger partial charge in [-0.1, -0.05) is 6.92 Å². The van der Waals surface area contributed by atoms with Gasteiger partial charge in [-0.25, -0.2) is 0 Å². The number of anilines is 1. The summed E-state index contributed by atoms with van der Waals surface area (Å²) >= 11 is 1.91. The van der Waals surface area contributed by atoms with E-state index in [0.29, 0.717) is 6.04 Å². The first-order valence-corrected chi connectivity index (χ1v) is 8.37. The van der Waals surface area contributed by atoms with Gasteiger partial charge in [-0.05, 0) is 44.9 Å². The average molecular weight is 281 g/mol. The molecule has 4 heteroatoms. The van der Waals surface area contributed by atoms with Gasteiger partial charge in [0.1, 0.15) is 0 Å². The Bertz CT molecular complexity index is 382. The predicted octanol–water partition coefficient (Wildman–Crippen LogP) is 3.08. The molecule has 1 atom stereocenters. The van der Waals surface area contributed by atoms with Gasteiger partial charge in [0, 0.05) is 42.8 Å². The Morgan fingerprint density at radius 3 is 2.84 bits per heavy atom. The topological polar surface area (TPSA) is 28.2 Å². The van der Waals surface area contributed by atoms with Crippen LogP contribution in [-0.2, 0) is 6.54 Å². The van der Waals surface area contributed by atoms with Crippen LogP contribution < -0.4 is 10.2 Å². The molecule has 0 spiro atoms. The second kappa shape index (κ2) is 8.43. The lowest BCUT2D eigenvalue weighted by molar-refractivity contribution is 0.658. The van der Waals surface area contributed by atoms with Crippen molar-refractivity contribution in [2.24, 2.45) is 0 Å². The SMILES string of the molecule is CCNCc1cnc(C)cc1N(C)C(C)CCSC. The van der Waals surface area contributed by atoms with Gasteiger partial charge in [-0.15, -0.1) is 0 Å². The predicted molar refractivity (Wildman–Crippen MR) is 87.2 cm³/mol. The third kappa shape index (κ3) is 5.03. The third-order valence-electron chi connectivity index (χ3n) is 3.44. The van der Waals surface area contributed by atoms with Crippen LogP contribution in [0.15, 0.2) is 12.3 Å². The first kappa shape index (κ1) is 16.3. The molecule has 19 heavy (non-hydrogen) atoms. The lowest BCUT2D eigenvalue weighted by Gasteiger charge is -2.29. The summed E-state index contributed by atoms with van der Waals surface area (Å²) in [5.41, 5.74) is 3.67. The molecule has 0 amide bonds. The van der Waals surface area contributed by atoms with Gasteiger partial charge in [-0.2, -0.15) is 11.8 Å². The highest BCUT2D eigenvalue weighted by Crippen LogP contribution is 2.23. The molecule has 1 aromatic rings. The number of aryl methyl sites for hydroxylation is 1. The smallest absolute Gasteiger partial charge is 0.0445 e. The fourth-order valence-corrected chi connectivity index (χ4v) is 2.59. The van der Waals surface area contributed by atoms with Gasteiger partial charge in [0.25, 0.3) is 0 Å². The maximum absolute atomic E-state index is 4.43. The fraction of sp³-hybridized carbons (Fsp3) is 0.667. The molecule has 0 saturated carbocycles. The van der Waals surface area contributed by atoms with E-state index in [1.165, 1.54) is 23.4 Å². The number of pyridine rings is 1. The van der Waals surface area contributed by atoms with Gasteiger partial charge in [-0.3, -0.25) is 4.98 Å². The molecule has 1 aromatic heterocycles. The number of nitrogens with zero attached hydrogens (tertiary/aromatic N) is 2. The number of hydrogen-bond acceptors (Lipinski definition) is 4. The largest absolute Gasteiger partial charge is 0.371 e. The molecular formula is C15H27N3S. The van der Waals surface area contributed by atoms with Crippen molar-refractivity contribution in [1.82, 2.24) is 10.3 Å². The Morgan fingerprint density at radius 1 is 1.47 bits per heavy atom. The number of hydrogen-bond donors (Lipinski definition) is 1. The highest BCUT2D eigenvalue weighted by Gasteiger charge is 2.14. The summed E-state index contributed by atoms with van der Waals surface area (Å²) < 4.78 is 0. The second-order valence-electron chi connectivity index (χ2n) is 4.98. The van der Waals surface area contributed by atoms with Crippen LogP contribution in [0.25, 0.3) is 0 Å². The van der Waals surface area contributed by atoms with Crippen molar-refractivity contribution in [3.8, 4) is 0 Å². The van der Waals surface area contributed by atoms with Crippen molar-refractivity contribution in [1.29, 1.82) is 0 Å². The van der Waals surface area contributed by atoms with E-state index < -0.39 is 0 Å². The summed E-state index contributed by atoms with van der Waals surface area (Å²) in [6.07, 6.45) is 5.38. The van der Waals surface area contributed by atoms with E-state index in [1.807, 2.05) is 18.0 Å². The molecular weight excluding hydrogens is 254 g/mol. The molecule has 108 valence electrons. The van der Waals surface area contributed by atoms with Gasteiger partial charge < -0.3 is 10.2 Å². The molecule has 0 aliphatic heterocycles. The molecule has 0 aromatic carbocycles. The summed E-state index contributed by atoms with van der Waals surface area (Å²) in [7, 11) is 2.19. The Morgan fingerprint density at radius 2 is 2.21 bits per heavy atom. The molecule has 1 N–H and O–H groups in total. The van der Waals surface area contributed by atoms with E-state index >= 15 is 0 Å². The van der Waals surface area contributed by atoms with Crippen molar-refractivity contribution in [2.75, 3.05) is 30.5 Å². The molecule has 0 aliphatic rings. The molecule has 0 aliphatic carbocycles. The van der Waals surface area contributed by atoms with Gasteiger partial charge >= 0.3 is 0 Å². The van der Waals surface area contributed by atoms with Crippen LogP contribution in [0, 0.1) is 6.92 Å². The first-order valence-electron chi connectivity index (χ1n) is 6.98. The van der Waals surface area contributed by atoms with Crippen molar-refractivity contribution >= 4 is 17.4 Å². The molecule has 0 saturated heterocycles. The summed E-state index contributed by atoms with van der Waals surface area (Å²) in [5.74, 6) is 1.21. The van der Waals surface area contributed by atoms with Gasteiger partial charge in [0.2, 0.25) is 0 Å². The van der Waals surface area contributed by atoms with Crippen LogP contribution in [0.2, 0.25) is 0 Å². The summed E-state index contributed by atoms with van der Waals surface area (Å²) in [6, 6.07) is 2.75. The van der Waals surface area contributed by atoms with Crippen LogP contribution in [0.5, 0.6) is 0 Å².